The number of nitrogens with two attached hydrogens (primary N) is 1. The Bertz CT molecular complexity index is 1530. The second-order valence-electron chi connectivity index (χ2n) is 10.0. The molecule has 4 rings (SSSR count). The maximum Gasteiger partial charge on any atom is 0.325 e. The van der Waals surface area contributed by atoms with Gasteiger partial charge in [-0.05, 0) is 42.7 Å². The quantitative estimate of drug-likeness (QED) is 0.112. The minimum absolute atomic E-state index is 0.00497. The van der Waals surface area contributed by atoms with Crippen LogP contribution in [0.1, 0.15) is 23.7 Å². The zero-order valence-corrected chi connectivity index (χ0v) is 22.8. The smallest absolute Gasteiger partial charge is 0.325 e. The lowest BCUT2D eigenvalue weighted by atomic mass is 10.0. The molecule has 0 aliphatic carbocycles. The number of phenols is 1. The molecule has 4 unspecified atom stereocenters. The van der Waals surface area contributed by atoms with Gasteiger partial charge in [0.1, 0.15) is 23.9 Å². The fraction of sp³-hybridized carbons (Fsp3) is 0.276. The highest BCUT2D eigenvalue weighted by Crippen LogP contribution is 2.19. The molecule has 42 heavy (non-hydrogen) atoms. The molecule has 220 valence electrons. The Labute approximate surface area is 240 Å². The summed E-state index contributed by atoms with van der Waals surface area (Å²) in [4.78, 5) is 61.1. The van der Waals surface area contributed by atoms with E-state index in [9.17, 15) is 29.4 Å². The standard InChI is InChI=1S/C29H33N7O6/c1-16(29(41)42)34-27(39)24(10-17-6-8-20(37)9-7-17)36-28(40)25(12-19-14-31-15-33-19)35-26(38)22(30)11-18-13-32-23-5-3-2-4-21(18)23/h2-9,13-16,22,24-25,32,37H,10-12,30H2,1H3,(H,31,33)(H,34,39)(H,35,38)(H,36,40)(H,41,42). The highest BCUT2D eigenvalue weighted by Gasteiger charge is 2.30. The maximum absolute atomic E-state index is 13.6. The minimum atomic E-state index is -1.24. The van der Waals surface area contributed by atoms with Crippen molar-refractivity contribution in [2.75, 3.05) is 0 Å². The maximum atomic E-state index is 13.6. The zero-order valence-electron chi connectivity index (χ0n) is 22.8. The number of carboxylic acids is 1. The molecule has 4 aromatic rings. The van der Waals surface area contributed by atoms with Gasteiger partial charge in [0, 0.05) is 41.8 Å². The predicted molar refractivity (Wildman–Crippen MR) is 153 cm³/mol. The van der Waals surface area contributed by atoms with Crippen LogP contribution in [0.5, 0.6) is 5.75 Å². The van der Waals surface area contributed by atoms with Crippen LogP contribution in [0.4, 0.5) is 0 Å². The summed E-state index contributed by atoms with van der Waals surface area (Å²) in [6.07, 6.45) is 4.96. The first-order valence-corrected chi connectivity index (χ1v) is 13.3. The lowest BCUT2D eigenvalue weighted by molar-refractivity contribution is -0.141. The number of hydrogen-bond acceptors (Lipinski definition) is 7. The van der Waals surface area contributed by atoms with Gasteiger partial charge in [0.05, 0.1) is 12.4 Å². The third-order valence-corrected chi connectivity index (χ3v) is 6.80. The zero-order chi connectivity index (χ0) is 30.2. The summed E-state index contributed by atoms with van der Waals surface area (Å²) in [5, 5.41) is 27.5. The second kappa shape index (κ2) is 13.5. The van der Waals surface area contributed by atoms with Gasteiger partial charge >= 0.3 is 5.97 Å². The number of carbonyl (C=O) groups is 4. The molecule has 0 aliphatic heterocycles. The number of benzene rings is 2. The molecule has 0 fully saturated rings. The Morgan fingerprint density at radius 3 is 2.24 bits per heavy atom. The number of amides is 3. The van der Waals surface area contributed by atoms with Gasteiger partial charge in [-0.2, -0.15) is 0 Å². The van der Waals surface area contributed by atoms with Gasteiger partial charge in [-0.1, -0.05) is 30.3 Å². The summed E-state index contributed by atoms with van der Waals surface area (Å²) in [6, 6.07) is 9.12. The van der Waals surface area contributed by atoms with Crippen LogP contribution in [-0.4, -0.2) is 73.0 Å². The van der Waals surface area contributed by atoms with E-state index in [2.05, 4.69) is 30.9 Å². The van der Waals surface area contributed by atoms with Crippen LogP contribution in [0.2, 0.25) is 0 Å². The fourth-order valence-corrected chi connectivity index (χ4v) is 4.46. The summed E-state index contributed by atoms with van der Waals surface area (Å²) in [5.41, 5.74) is 9.17. The molecule has 0 spiro atoms. The van der Waals surface area contributed by atoms with Gasteiger partial charge < -0.3 is 41.9 Å². The molecule has 13 heteroatoms. The minimum Gasteiger partial charge on any atom is -0.508 e. The van der Waals surface area contributed by atoms with E-state index < -0.39 is 47.9 Å². The Kier molecular flexibility index (Phi) is 9.55. The first-order valence-electron chi connectivity index (χ1n) is 13.3. The molecule has 13 nitrogen and oxygen atoms in total. The van der Waals surface area contributed by atoms with E-state index in [1.807, 2.05) is 24.3 Å². The van der Waals surface area contributed by atoms with E-state index in [1.54, 1.807) is 18.3 Å². The van der Waals surface area contributed by atoms with E-state index in [4.69, 9.17) is 5.73 Å². The van der Waals surface area contributed by atoms with Gasteiger partial charge in [-0.25, -0.2) is 4.98 Å². The topological polar surface area (TPSA) is 215 Å². The number of para-hydroxylation sites is 1. The lowest BCUT2D eigenvalue weighted by Gasteiger charge is -2.25. The first-order chi connectivity index (χ1) is 20.1. The summed E-state index contributed by atoms with van der Waals surface area (Å²) in [5.74, 6) is -3.20. The number of nitrogens with one attached hydrogen (secondary N) is 5. The van der Waals surface area contributed by atoms with Crippen LogP contribution in [0.25, 0.3) is 10.9 Å². The summed E-state index contributed by atoms with van der Waals surface area (Å²) in [6.45, 7) is 1.30. The highest BCUT2D eigenvalue weighted by atomic mass is 16.4. The predicted octanol–water partition coefficient (Wildman–Crippen LogP) is 0.511. The second-order valence-corrected chi connectivity index (χ2v) is 10.0. The molecule has 9 N–H and O–H groups in total. The van der Waals surface area contributed by atoms with Gasteiger partial charge in [0.2, 0.25) is 17.7 Å². The molecular weight excluding hydrogens is 542 g/mol. The largest absolute Gasteiger partial charge is 0.508 e. The number of H-pyrrole nitrogens is 2. The van der Waals surface area contributed by atoms with Crippen LogP contribution in [0, 0.1) is 0 Å². The molecule has 4 atom stereocenters. The molecule has 3 amide bonds. The number of fused-ring (bicyclic) bond motifs is 1. The number of imidazole rings is 1. The SMILES string of the molecule is CC(NC(=O)C(Cc1ccc(O)cc1)NC(=O)C(Cc1cnc[nH]1)NC(=O)C(N)Cc1c[nH]c2ccccc12)C(=O)O. The van der Waals surface area contributed by atoms with E-state index in [-0.39, 0.29) is 25.0 Å². The molecule has 0 bridgehead atoms. The van der Waals surface area contributed by atoms with Crippen molar-refractivity contribution in [3.8, 4) is 5.75 Å². The van der Waals surface area contributed by atoms with Crippen molar-refractivity contribution in [2.24, 2.45) is 5.73 Å². The molecule has 2 heterocycles. The molecular formula is C29H33N7O6. The normalized spacial score (nSPS) is 14.0. The van der Waals surface area contributed by atoms with Crippen molar-refractivity contribution < 1.29 is 29.4 Å². The van der Waals surface area contributed by atoms with Gasteiger partial charge in [0.15, 0.2) is 0 Å². The van der Waals surface area contributed by atoms with Crippen molar-refractivity contribution >= 4 is 34.6 Å². The van der Waals surface area contributed by atoms with Crippen molar-refractivity contribution in [3.05, 3.63) is 84.1 Å². The molecule has 0 aliphatic rings. The van der Waals surface area contributed by atoms with Gasteiger partial charge in [0.25, 0.3) is 0 Å². The third kappa shape index (κ3) is 7.73. The number of nitrogens with zero attached hydrogens (tertiary/aromatic N) is 1. The van der Waals surface area contributed by atoms with E-state index >= 15 is 0 Å². The Balaban J connectivity index is 1.51. The number of hydrogen-bond donors (Lipinski definition) is 8. The molecule has 0 saturated heterocycles. The molecule has 2 aromatic heterocycles. The van der Waals surface area contributed by atoms with Crippen LogP contribution >= 0.6 is 0 Å². The Hall–Kier alpha value is -5.17. The highest BCUT2D eigenvalue weighted by molar-refractivity contribution is 5.94. The molecule has 2 aromatic carbocycles. The van der Waals surface area contributed by atoms with Gasteiger partial charge in [-0.15, -0.1) is 0 Å². The number of phenolic OH excluding ortho intramolecular Hbond substituents is 1. The van der Waals surface area contributed by atoms with Crippen molar-refractivity contribution in [1.29, 1.82) is 0 Å². The summed E-state index contributed by atoms with van der Waals surface area (Å²) >= 11 is 0. The van der Waals surface area contributed by atoms with Crippen LogP contribution in [0.15, 0.2) is 67.3 Å². The molecule has 0 radical (unpaired) electrons. The van der Waals surface area contributed by atoms with Crippen molar-refractivity contribution in [3.63, 3.8) is 0 Å². The number of aromatic hydroxyl groups is 1. The number of rotatable bonds is 13. The first kappa shape index (κ1) is 29.8. The fourth-order valence-electron chi connectivity index (χ4n) is 4.46. The number of aliphatic carboxylic acids is 1. The van der Waals surface area contributed by atoms with Gasteiger partial charge in [-0.3, -0.25) is 19.2 Å². The van der Waals surface area contributed by atoms with Crippen LogP contribution in [0.3, 0.4) is 0 Å². The average Bonchev–Trinajstić information content (AvgIpc) is 3.63. The van der Waals surface area contributed by atoms with Crippen LogP contribution in [-0.2, 0) is 38.4 Å². The third-order valence-electron chi connectivity index (χ3n) is 6.80. The Morgan fingerprint density at radius 2 is 1.55 bits per heavy atom. The number of aromatic amines is 2. The van der Waals surface area contributed by atoms with Crippen molar-refractivity contribution in [2.45, 2.75) is 50.4 Å². The summed E-state index contributed by atoms with van der Waals surface area (Å²) in [7, 11) is 0. The van der Waals surface area contributed by atoms with Crippen LogP contribution < -0.4 is 21.7 Å². The summed E-state index contributed by atoms with van der Waals surface area (Å²) < 4.78 is 0. The lowest BCUT2D eigenvalue weighted by Crippen LogP contribution is -2.58. The van der Waals surface area contributed by atoms with Crippen molar-refractivity contribution in [1.82, 2.24) is 30.9 Å². The van der Waals surface area contributed by atoms with E-state index in [0.29, 0.717) is 11.3 Å². The monoisotopic (exact) mass is 575 g/mol. The van der Waals surface area contributed by atoms with E-state index in [0.717, 1.165) is 16.5 Å². The number of aromatic nitrogens is 3. The average molecular weight is 576 g/mol. The Morgan fingerprint density at radius 1 is 0.881 bits per heavy atom. The number of carbonyl (C=O) groups excluding carboxylic acids is 3. The molecule has 0 saturated carbocycles. The van der Waals surface area contributed by atoms with E-state index in [1.165, 1.54) is 31.6 Å². The number of carboxylic acid groups (broad SMARTS) is 1.